The second-order valence-electron chi connectivity index (χ2n) is 5.05. The Labute approximate surface area is 120 Å². The summed E-state index contributed by atoms with van der Waals surface area (Å²) in [4.78, 5) is 13.6. The van der Waals surface area contributed by atoms with Gasteiger partial charge in [-0.1, -0.05) is 6.92 Å². The topological polar surface area (TPSA) is 53.6 Å². The van der Waals surface area contributed by atoms with Crippen molar-refractivity contribution in [2.45, 2.75) is 25.8 Å². The van der Waals surface area contributed by atoms with E-state index in [1.54, 1.807) is 0 Å². The van der Waals surface area contributed by atoms with Crippen LogP contribution in [0.2, 0.25) is 0 Å². The maximum atomic E-state index is 11.1. The third kappa shape index (κ3) is 4.13. The number of ether oxygens (including phenoxy) is 1. The van der Waals surface area contributed by atoms with E-state index in [9.17, 15) is 4.79 Å². The van der Waals surface area contributed by atoms with Crippen molar-refractivity contribution in [1.29, 1.82) is 0 Å². The number of methoxy groups -OCH3 is 1. The van der Waals surface area contributed by atoms with Crippen LogP contribution in [0, 0.1) is 0 Å². The number of benzene rings is 1. The Morgan fingerprint density at radius 2 is 1.85 bits per heavy atom. The largest absolute Gasteiger partial charge is 0.453 e. The molecule has 20 heavy (non-hydrogen) atoms. The van der Waals surface area contributed by atoms with Crippen LogP contribution >= 0.6 is 0 Å². The molecule has 1 aliphatic heterocycles. The van der Waals surface area contributed by atoms with Crippen molar-refractivity contribution in [2.75, 3.05) is 37.4 Å². The molecule has 0 atom stereocenters. The fourth-order valence-corrected chi connectivity index (χ4v) is 2.45. The molecule has 110 valence electrons. The third-order valence-electron chi connectivity index (χ3n) is 3.72. The number of piperidine rings is 1. The number of hydrogen-bond donors (Lipinski definition) is 2. The van der Waals surface area contributed by atoms with Gasteiger partial charge >= 0.3 is 6.09 Å². The standard InChI is InChI=1S/C15H23N3O2/c1-3-18-10-8-14(9-11-18)16-12-4-6-13(7-5-12)17-15(19)20-2/h4-7,14,16H,3,8-11H2,1-2H3,(H,17,19). The second kappa shape index (κ2) is 7.14. The van der Waals surface area contributed by atoms with E-state index in [1.165, 1.54) is 20.0 Å². The van der Waals surface area contributed by atoms with Crippen molar-refractivity contribution in [3.63, 3.8) is 0 Å². The summed E-state index contributed by atoms with van der Waals surface area (Å²) >= 11 is 0. The Balaban J connectivity index is 1.83. The number of rotatable bonds is 4. The van der Waals surface area contributed by atoms with Gasteiger partial charge in [0.05, 0.1) is 7.11 Å². The summed E-state index contributed by atoms with van der Waals surface area (Å²) in [6, 6.07) is 8.26. The number of hydrogen-bond acceptors (Lipinski definition) is 4. The van der Waals surface area contributed by atoms with Gasteiger partial charge in [-0.05, 0) is 43.7 Å². The molecule has 0 unspecified atom stereocenters. The van der Waals surface area contributed by atoms with Gasteiger partial charge in [0.1, 0.15) is 0 Å². The van der Waals surface area contributed by atoms with Crippen LogP contribution in [0.5, 0.6) is 0 Å². The maximum absolute atomic E-state index is 11.1. The first-order valence-corrected chi connectivity index (χ1v) is 7.15. The molecule has 0 aromatic heterocycles. The average Bonchev–Trinajstić information content (AvgIpc) is 2.50. The summed E-state index contributed by atoms with van der Waals surface area (Å²) in [5.74, 6) is 0. The van der Waals surface area contributed by atoms with Crippen molar-refractivity contribution in [3.8, 4) is 0 Å². The highest BCUT2D eigenvalue weighted by molar-refractivity contribution is 5.84. The molecule has 0 spiro atoms. The fourth-order valence-electron chi connectivity index (χ4n) is 2.45. The lowest BCUT2D eigenvalue weighted by Crippen LogP contribution is -2.38. The molecule has 0 saturated carbocycles. The van der Waals surface area contributed by atoms with Gasteiger partial charge in [-0.25, -0.2) is 4.79 Å². The van der Waals surface area contributed by atoms with E-state index in [2.05, 4.69) is 27.2 Å². The predicted molar refractivity (Wildman–Crippen MR) is 81.2 cm³/mol. The first kappa shape index (κ1) is 14.7. The number of likely N-dealkylation sites (tertiary alicyclic amines) is 1. The minimum absolute atomic E-state index is 0.447. The lowest BCUT2D eigenvalue weighted by Gasteiger charge is -2.32. The minimum Gasteiger partial charge on any atom is -0.453 e. The van der Waals surface area contributed by atoms with Crippen LogP contribution in [-0.4, -0.2) is 43.8 Å². The van der Waals surface area contributed by atoms with Gasteiger partial charge in [0.2, 0.25) is 0 Å². The van der Waals surface area contributed by atoms with E-state index in [4.69, 9.17) is 0 Å². The van der Waals surface area contributed by atoms with Crippen LogP contribution in [0.4, 0.5) is 16.2 Å². The van der Waals surface area contributed by atoms with Crippen molar-refractivity contribution >= 4 is 17.5 Å². The summed E-state index contributed by atoms with van der Waals surface area (Å²) in [5, 5.41) is 6.19. The highest BCUT2D eigenvalue weighted by Gasteiger charge is 2.17. The Bertz CT molecular complexity index is 425. The zero-order chi connectivity index (χ0) is 14.4. The van der Waals surface area contributed by atoms with E-state index >= 15 is 0 Å². The Morgan fingerprint density at radius 3 is 2.40 bits per heavy atom. The molecule has 0 bridgehead atoms. The minimum atomic E-state index is -0.447. The summed E-state index contributed by atoms with van der Waals surface area (Å²) in [7, 11) is 1.36. The number of amides is 1. The van der Waals surface area contributed by atoms with Gasteiger partial charge in [-0.15, -0.1) is 0 Å². The molecular weight excluding hydrogens is 254 g/mol. The van der Waals surface area contributed by atoms with E-state index in [0.717, 1.165) is 31.0 Å². The molecule has 0 aliphatic carbocycles. The molecule has 1 saturated heterocycles. The van der Waals surface area contributed by atoms with E-state index < -0.39 is 6.09 Å². The van der Waals surface area contributed by atoms with Gasteiger partial charge < -0.3 is 15.0 Å². The molecule has 1 amide bonds. The summed E-state index contributed by atoms with van der Waals surface area (Å²) < 4.78 is 4.56. The third-order valence-corrected chi connectivity index (χ3v) is 3.72. The Hall–Kier alpha value is -1.75. The lowest BCUT2D eigenvalue weighted by atomic mass is 10.0. The van der Waals surface area contributed by atoms with Crippen LogP contribution < -0.4 is 10.6 Å². The molecule has 2 rings (SSSR count). The number of carbonyl (C=O) groups excluding carboxylic acids is 1. The number of anilines is 2. The quantitative estimate of drug-likeness (QED) is 0.888. The zero-order valence-corrected chi connectivity index (χ0v) is 12.2. The first-order valence-electron chi connectivity index (χ1n) is 7.15. The van der Waals surface area contributed by atoms with Crippen molar-refractivity contribution in [1.82, 2.24) is 4.90 Å². The molecule has 2 N–H and O–H groups in total. The van der Waals surface area contributed by atoms with Gasteiger partial charge in [0.15, 0.2) is 0 Å². The van der Waals surface area contributed by atoms with Gasteiger partial charge in [-0.2, -0.15) is 0 Å². The molecular formula is C15H23N3O2. The van der Waals surface area contributed by atoms with Crippen LogP contribution in [-0.2, 0) is 4.74 Å². The van der Waals surface area contributed by atoms with E-state index in [0.29, 0.717) is 6.04 Å². The first-order chi connectivity index (χ1) is 9.71. The number of nitrogens with zero attached hydrogens (tertiary/aromatic N) is 1. The average molecular weight is 277 g/mol. The SMILES string of the molecule is CCN1CCC(Nc2ccc(NC(=O)OC)cc2)CC1. The van der Waals surface area contributed by atoms with Gasteiger partial charge in [0.25, 0.3) is 0 Å². The Kier molecular flexibility index (Phi) is 5.24. The van der Waals surface area contributed by atoms with E-state index in [-0.39, 0.29) is 0 Å². The fraction of sp³-hybridized carbons (Fsp3) is 0.533. The molecule has 1 aromatic carbocycles. The van der Waals surface area contributed by atoms with Crippen LogP contribution in [0.1, 0.15) is 19.8 Å². The normalized spacial score (nSPS) is 16.7. The summed E-state index contributed by atoms with van der Waals surface area (Å²) in [5.41, 5.74) is 1.83. The predicted octanol–water partition coefficient (Wildman–Crippen LogP) is 2.76. The molecule has 1 fully saturated rings. The second-order valence-corrected chi connectivity index (χ2v) is 5.05. The van der Waals surface area contributed by atoms with Crippen molar-refractivity contribution in [3.05, 3.63) is 24.3 Å². The molecule has 1 aromatic rings. The van der Waals surface area contributed by atoms with Crippen LogP contribution in [0.15, 0.2) is 24.3 Å². The van der Waals surface area contributed by atoms with Crippen LogP contribution in [0.3, 0.4) is 0 Å². The molecule has 5 nitrogen and oxygen atoms in total. The molecule has 0 radical (unpaired) electrons. The molecule has 1 heterocycles. The number of nitrogens with one attached hydrogen (secondary N) is 2. The molecule has 5 heteroatoms. The monoisotopic (exact) mass is 277 g/mol. The highest BCUT2D eigenvalue weighted by Crippen LogP contribution is 2.18. The zero-order valence-electron chi connectivity index (χ0n) is 12.2. The van der Waals surface area contributed by atoms with E-state index in [1.807, 2.05) is 24.3 Å². The number of carbonyl (C=O) groups is 1. The summed E-state index contributed by atoms with van der Waals surface area (Å²) in [6.07, 6.45) is 1.91. The lowest BCUT2D eigenvalue weighted by molar-refractivity contribution is 0.187. The van der Waals surface area contributed by atoms with Crippen LogP contribution in [0.25, 0.3) is 0 Å². The maximum Gasteiger partial charge on any atom is 0.411 e. The van der Waals surface area contributed by atoms with Gasteiger partial charge in [0, 0.05) is 30.5 Å². The molecule has 1 aliphatic rings. The van der Waals surface area contributed by atoms with Crippen molar-refractivity contribution < 1.29 is 9.53 Å². The van der Waals surface area contributed by atoms with Gasteiger partial charge in [-0.3, -0.25) is 5.32 Å². The Morgan fingerprint density at radius 1 is 1.25 bits per heavy atom. The highest BCUT2D eigenvalue weighted by atomic mass is 16.5. The van der Waals surface area contributed by atoms with Crippen molar-refractivity contribution in [2.24, 2.45) is 0 Å². The summed E-state index contributed by atoms with van der Waals surface area (Å²) in [6.45, 7) is 5.67. The smallest absolute Gasteiger partial charge is 0.411 e.